The summed E-state index contributed by atoms with van der Waals surface area (Å²) in [5.74, 6) is -0.198. The van der Waals surface area contributed by atoms with E-state index in [2.05, 4.69) is 0 Å². The normalized spacial score (nSPS) is 9.23. The van der Waals surface area contributed by atoms with E-state index < -0.39 is 0 Å². The van der Waals surface area contributed by atoms with Gasteiger partial charge in [-0.25, -0.2) is 0 Å². The molecule has 26 heavy (non-hydrogen) atoms. The highest BCUT2D eigenvalue weighted by atomic mass is 16.5. The quantitative estimate of drug-likeness (QED) is 0.417. The largest absolute Gasteiger partial charge is 0.618 e. The molecule has 0 aliphatic carbocycles. The summed E-state index contributed by atoms with van der Waals surface area (Å²) in [5.41, 5.74) is 8.15. The fourth-order valence-electron chi connectivity index (χ4n) is 2.37. The molecular weight excluding hydrogens is 324 g/mol. The molecule has 0 spiro atoms. The van der Waals surface area contributed by atoms with E-state index in [4.69, 9.17) is 5.73 Å². The Morgan fingerprint density at radius 2 is 1.35 bits per heavy atom. The number of benzene rings is 2. The summed E-state index contributed by atoms with van der Waals surface area (Å²) in [6.07, 6.45) is 1.31. The molecule has 0 radical (unpaired) electrons. The first kappa shape index (κ1) is 20.9. The standard InChI is InChI=1S/C18H14N2O2.2C2H6/c19-16-15(18(21)14-9-5-2-6-10-14)11-12-20(22)17(16)13-7-3-1-4-8-13;2*1-2/h1-12H,19H2;2*1-2H3. The first-order chi connectivity index (χ1) is 12.7. The van der Waals surface area contributed by atoms with Crippen molar-refractivity contribution >= 4 is 11.5 Å². The molecular formula is C22H26N2O2. The highest BCUT2D eigenvalue weighted by molar-refractivity contribution is 6.13. The summed E-state index contributed by atoms with van der Waals surface area (Å²) in [4.78, 5) is 12.6. The highest BCUT2D eigenvalue weighted by Gasteiger charge is 2.21. The van der Waals surface area contributed by atoms with E-state index in [1.165, 1.54) is 12.3 Å². The van der Waals surface area contributed by atoms with E-state index >= 15 is 0 Å². The van der Waals surface area contributed by atoms with Crippen molar-refractivity contribution in [2.45, 2.75) is 27.7 Å². The lowest BCUT2D eigenvalue weighted by atomic mass is 9.99. The lowest BCUT2D eigenvalue weighted by Crippen LogP contribution is -2.31. The third-order valence-electron chi connectivity index (χ3n) is 3.47. The van der Waals surface area contributed by atoms with Gasteiger partial charge in [-0.2, -0.15) is 4.73 Å². The van der Waals surface area contributed by atoms with Gasteiger partial charge in [-0.1, -0.05) is 76.2 Å². The number of nitrogen functional groups attached to an aromatic ring is 1. The average Bonchev–Trinajstić information content (AvgIpc) is 2.72. The molecule has 0 aliphatic heterocycles. The van der Waals surface area contributed by atoms with E-state index in [9.17, 15) is 10.0 Å². The molecule has 0 amide bonds. The van der Waals surface area contributed by atoms with Crippen LogP contribution in [0.15, 0.2) is 72.9 Å². The molecule has 3 aromatic rings. The Hall–Kier alpha value is -3.14. The van der Waals surface area contributed by atoms with E-state index in [0.29, 0.717) is 27.1 Å². The number of anilines is 1. The van der Waals surface area contributed by atoms with Crippen molar-refractivity contribution in [1.29, 1.82) is 0 Å². The molecule has 3 rings (SSSR count). The molecule has 1 heterocycles. The van der Waals surface area contributed by atoms with Crippen molar-refractivity contribution in [3.8, 4) is 11.3 Å². The summed E-state index contributed by atoms with van der Waals surface area (Å²) < 4.78 is 0.687. The minimum absolute atomic E-state index is 0.192. The van der Waals surface area contributed by atoms with Crippen LogP contribution in [0, 0.1) is 5.21 Å². The minimum Gasteiger partial charge on any atom is -0.618 e. The summed E-state index contributed by atoms with van der Waals surface area (Å²) in [6.45, 7) is 8.00. The van der Waals surface area contributed by atoms with Crippen LogP contribution in [0.2, 0.25) is 0 Å². The third kappa shape index (κ3) is 4.70. The Labute approximate surface area is 155 Å². The number of carbonyl (C=O) groups excluding carboxylic acids is 1. The van der Waals surface area contributed by atoms with Gasteiger partial charge in [0, 0.05) is 17.2 Å². The number of hydrogen-bond donors (Lipinski definition) is 1. The van der Waals surface area contributed by atoms with Gasteiger partial charge in [0.25, 0.3) is 0 Å². The van der Waals surface area contributed by atoms with Gasteiger partial charge in [0.05, 0.1) is 5.56 Å². The number of nitrogens with two attached hydrogens (primary N) is 1. The van der Waals surface area contributed by atoms with Crippen molar-refractivity contribution in [1.82, 2.24) is 0 Å². The highest BCUT2D eigenvalue weighted by Crippen LogP contribution is 2.26. The zero-order valence-corrected chi connectivity index (χ0v) is 15.8. The first-order valence-electron chi connectivity index (χ1n) is 8.85. The molecule has 2 aromatic carbocycles. The smallest absolute Gasteiger partial charge is 0.247 e. The van der Waals surface area contributed by atoms with E-state index in [1.54, 1.807) is 36.4 Å². The second kappa shape index (κ2) is 10.7. The van der Waals surface area contributed by atoms with Gasteiger partial charge < -0.3 is 10.9 Å². The van der Waals surface area contributed by atoms with Gasteiger partial charge in [-0.05, 0) is 12.1 Å². The Bertz CT molecular complexity index is 816. The van der Waals surface area contributed by atoms with Crippen LogP contribution in [0.4, 0.5) is 5.69 Å². The Morgan fingerprint density at radius 3 is 1.88 bits per heavy atom. The van der Waals surface area contributed by atoms with Crippen LogP contribution in [0.1, 0.15) is 43.6 Å². The van der Waals surface area contributed by atoms with Crippen LogP contribution < -0.4 is 10.5 Å². The second-order valence-corrected chi connectivity index (χ2v) is 4.88. The summed E-state index contributed by atoms with van der Waals surface area (Å²) in [7, 11) is 0. The Morgan fingerprint density at radius 1 is 0.846 bits per heavy atom. The SMILES string of the molecule is CC.CC.Nc1c(C(=O)c2ccccc2)cc[n+]([O-])c1-c1ccccc1. The number of carbonyl (C=O) groups is 1. The Balaban J connectivity index is 0.000000791. The van der Waals surface area contributed by atoms with Gasteiger partial charge in [0.2, 0.25) is 5.69 Å². The van der Waals surface area contributed by atoms with Gasteiger partial charge in [-0.15, -0.1) is 0 Å². The third-order valence-corrected chi connectivity index (χ3v) is 3.47. The van der Waals surface area contributed by atoms with Crippen molar-refractivity contribution in [2.24, 2.45) is 0 Å². The molecule has 0 unspecified atom stereocenters. The van der Waals surface area contributed by atoms with Crippen molar-refractivity contribution in [3.05, 3.63) is 89.3 Å². The fourth-order valence-corrected chi connectivity index (χ4v) is 2.37. The van der Waals surface area contributed by atoms with Crippen molar-refractivity contribution < 1.29 is 9.52 Å². The van der Waals surface area contributed by atoms with Gasteiger partial charge in [0.1, 0.15) is 5.69 Å². The van der Waals surface area contributed by atoms with Crippen LogP contribution in [0.3, 0.4) is 0 Å². The van der Waals surface area contributed by atoms with Gasteiger partial charge >= 0.3 is 0 Å². The maximum Gasteiger partial charge on any atom is 0.247 e. The maximum absolute atomic E-state index is 12.6. The lowest BCUT2D eigenvalue weighted by molar-refractivity contribution is -0.593. The number of ketones is 1. The monoisotopic (exact) mass is 350 g/mol. The predicted molar refractivity (Wildman–Crippen MR) is 108 cm³/mol. The first-order valence-corrected chi connectivity index (χ1v) is 8.85. The lowest BCUT2D eigenvalue weighted by Gasteiger charge is -2.11. The number of aromatic nitrogens is 1. The number of pyridine rings is 1. The maximum atomic E-state index is 12.6. The molecule has 1 aromatic heterocycles. The number of nitrogens with zero attached hydrogens (tertiary/aromatic N) is 1. The van der Waals surface area contributed by atoms with Crippen LogP contribution in [-0.4, -0.2) is 5.78 Å². The van der Waals surface area contributed by atoms with E-state index in [0.717, 1.165) is 0 Å². The van der Waals surface area contributed by atoms with E-state index in [-0.39, 0.29) is 11.5 Å². The molecule has 4 nitrogen and oxygen atoms in total. The zero-order valence-electron chi connectivity index (χ0n) is 15.8. The molecule has 136 valence electrons. The Kier molecular flexibility index (Phi) is 8.58. The molecule has 4 heteroatoms. The molecule has 0 saturated carbocycles. The molecule has 2 N–H and O–H groups in total. The summed E-state index contributed by atoms with van der Waals surface area (Å²) in [6, 6.07) is 19.4. The van der Waals surface area contributed by atoms with Crippen LogP contribution in [0.25, 0.3) is 11.3 Å². The fraction of sp³-hybridized carbons (Fsp3) is 0.182. The number of hydrogen-bond acceptors (Lipinski definition) is 3. The van der Waals surface area contributed by atoms with E-state index in [1.807, 2.05) is 52.0 Å². The van der Waals surface area contributed by atoms with Crippen molar-refractivity contribution in [2.75, 3.05) is 5.73 Å². The van der Waals surface area contributed by atoms with Crippen LogP contribution in [0.5, 0.6) is 0 Å². The molecule has 0 fully saturated rings. The molecule has 0 atom stereocenters. The zero-order chi connectivity index (χ0) is 19.5. The minimum atomic E-state index is -0.198. The topological polar surface area (TPSA) is 70.0 Å². The molecule has 0 saturated heterocycles. The second-order valence-electron chi connectivity index (χ2n) is 4.88. The number of rotatable bonds is 3. The van der Waals surface area contributed by atoms with Gasteiger partial charge in [0.15, 0.2) is 12.0 Å². The molecule has 0 aliphatic rings. The van der Waals surface area contributed by atoms with Crippen molar-refractivity contribution in [3.63, 3.8) is 0 Å². The van der Waals surface area contributed by atoms with Crippen LogP contribution in [-0.2, 0) is 0 Å². The predicted octanol–water partition coefficient (Wildman–Crippen LogP) is 4.85. The molecule has 0 bridgehead atoms. The summed E-state index contributed by atoms with van der Waals surface area (Å²) in [5, 5.41) is 12.1. The van der Waals surface area contributed by atoms with Gasteiger partial charge in [-0.3, -0.25) is 4.79 Å². The average molecular weight is 350 g/mol. The van der Waals surface area contributed by atoms with Crippen LogP contribution >= 0.6 is 0 Å². The summed E-state index contributed by atoms with van der Waals surface area (Å²) >= 11 is 0.